The minimum Gasteiger partial charge on any atom is -0.391 e. The second-order valence-electron chi connectivity index (χ2n) is 7.66. The lowest BCUT2D eigenvalue weighted by Gasteiger charge is -2.44. The fourth-order valence-corrected chi connectivity index (χ4v) is 4.58. The summed E-state index contributed by atoms with van der Waals surface area (Å²) in [5, 5.41) is 10.7. The number of fused-ring (bicyclic) bond motifs is 1. The van der Waals surface area contributed by atoms with Gasteiger partial charge in [-0.3, -0.25) is 9.69 Å². The summed E-state index contributed by atoms with van der Waals surface area (Å²) in [6, 6.07) is 14.1. The summed E-state index contributed by atoms with van der Waals surface area (Å²) in [5.74, 6) is -0.386. The first-order chi connectivity index (χ1) is 14.0. The van der Waals surface area contributed by atoms with Gasteiger partial charge in [-0.05, 0) is 42.2 Å². The molecule has 4 rings (SSSR count). The summed E-state index contributed by atoms with van der Waals surface area (Å²) >= 11 is 0. The Labute approximate surface area is 174 Å². The van der Waals surface area contributed by atoms with Crippen molar-refractivity contribution in [1.29, 1.82) is 0 Å². The van der Waals surface area contributed by atoms with Gasteiger partial charge in [0.2, 0.25) is 0 Å². The number of aryl methyl sites for hydroxylation is 1. The number of hydrogen-bond donors (Lipinski definition) is 2. The number of para-hydroxylation sites is 1. The molecule has 2 aliphatic rings. The summed E-state index contributed by atoms with van der Waals surface area (Å²) in [4.78, 5) is 16.4. The van der Waals surface area contributed by atoms with Gasteiger partial charge in [0.05, 0.1) is 11.7 Å². The van der Waals surface area contributed by atoms with Crippen molar-refractivity contribution < 1.29 is 9.90 Å². The van der Waals surface area contributed by atoms with Crippen LogP contribution in [0.1, 0.15) is 40.9 Å². The fourth-order valence-electron chi connectivity index (χ4n) is 4.58. The molecule has 0 spiro atoms. The van der Waals surface area contributed by atoms with Crippen LogP contribution in [0.2, 0.25) is 0 Å². The van der Waals surface area contributed by atoms with E-state index in [0.29, 0.717) is 5.56 Å². The van der Waals surface area contributed by atoms with Crippen LogP contribution in [0.4, 0.5) is 5.69 Å². The number of amides is 1. The van der Waals surface area contributed by atoms with Gasteiger partial charge < -0.3 is 15.7 Å². The van der Waals surface area contributed by atoms with E-state index in [1.165, 1.54) is 16.7 Å². The third-order valence-corrected chi connectivity index (χ3v) is 6.09. The van der Waals surface area contributed by atoms with Crippen molar-refractivity contribution >= 4 is 11.6 Å². The van der Waals surface area contributed by atoms with Crippen LogP contribution in [0.25, 0.3) is 0 Å². The zero-order chi connectivity index (χ0) is 21.0. The first-order valence-electron chi connectivity index (χ1n) is 10.7. The van der Waals surface area contributed by atoms with Crippen molar-refractivity contribution in [2.45, 2.75) is 45.8 Å². The number of carbonyl (C=O) groups excluding carboxylic acids is 1. The maximum absolute atomic E-state index is 11.7. The van der Waals surface area contributed by atoms with Crippen LogP contribution < -0.4 is 10.6 Å². The molecule has 2 unspecified atom stereocenters. The lowest BCUT2D eigenvalue weighted by atomic mass is 9.83. The molecular formula is C24H33N3O2. The monoisotopic (exact) mass is 395 g/mol. The van der Waals surface area contributed by atoms with Crippen LogP contribution in [0.5, 0.6) is 0 Å². The smallest absolute Gasteiger partial charge is 0.250 e. The number of hydrogen-bond acceptors (Lipinski definition) is 4. The van der Waals surface area contributed by atoms with Crippen molar-refractivity contribution in [3.8, 4) is 0 Å². The maximum Gasteiger partial charge on any atom is 0.250 e. The Morgan fingerprint density at radius 2 is 1.69 bits per heavy atom. The van der Waals surface area contributed by atoms with E-state index in [2.05, 4.69) is 34.9 Å². The molecule has 2 atom stereocenters. The van der Waals surface area contributed by atoms with Crippen LogP contribution in [0.15, 0.2) is 42.5 Å². The van der Waals surface area contributed by atoms with Crippen LogP contribution in [0.3, 0.4) is 0 Å². The van der Waals surface area contributed by atoms with E-state index in [1.54, 1.807) is 6.07 Å². The Hall–Kier alpha value is -2.37. The van der Waals surface area contributed by atoms with E-state index in [-0.39, 0.29) is 18.1 Å². The van der Waals surface area contributed by atoms with E-state index < -0.39 is 0 Å². The molecule has 3 N–H and O–H groups in total. The van der Waals surface area contributed by atoms with Crippen molar-refractivity contribution in [3.05, 3.63) is 64.7 Å². The standard InChI is InChI=1S/C22H27N3O2.C2H6/c1-15-5-4-6-16-13-21(26)20(14-18(15)16)25-11-9-24(10-12-25)19-8-3-2-7-17(19)22(23)27;1-2/h2-8,20-21,26H,9-14H2,1H3,(H2,23,27);1-2H3. The molecule has 156 valence electrons. The fraction of sp³-hybridized carbons (Fsp3) is 0.458. The molecule has 0 radical (unpaired) electrons. The van der Waals surface area contributed by atoms with Crippen LogP contribution in [0, 0.1) is 6.92 Å². The van der Waals surface area contributed by atoms with E-state index >= 15 is 0 Å². The Morgan fingerprint density at radius 3 is 2.38 bits per heavy atom. The maximum atomic E-state index is 11.7. The van der Waals surface area contributed by atoms with E-state index in [1.807, 2.05) is 32.0 Å². The number of carbonyl (C=O) groups is 1. The Kier molecular flexibility index (Phi) is 6.93. The van der Waals surface area contributed by atoms with Gasteiger partial charge in [0, 0.05) is 44.3 Å². The van der Waals surface area contributed by atoms with E-state index in [9.17, 15) is 9.90 Å². The lowest BCUT2D eigenvalue weighted by Crippen LogP contribution is -2.56. The molecule has 0 aromatic heterocycles. The number of rotatable bonds is 3. The highest BCUT2D eigenvalue weighted by atomic mass is 16.3. The van der Waals surface area contributed by atoms with Gasteiger partial charge >= 0.3 is 0 Å². The average molecular weight is 396 g/mol. The number of nitrogens with zero attached hydrogens (tertiary/aromatic N) is 2. The van der Waals surface area contributed by atoms with Crippen molar-refractivity contribution in [3.63, 3.8) is 0 Å². The van der Waals surface area contributed by atoms with Gasteiger partial charge in [-0.15, -0.1) is 0 Å². The Balaban J connectivity index is 0.00000117. The van der Waals surface area contributed by atoms with E-state index in [4.69, 9.17) is 5.73 Å². The van der Waals surface area contributed by atoms with Crippen LogP contribution in [-0.4, -0.2) is 54.2 Å². The number of aliphatic hydroxyl groups is 1. The minimum absolute atomic E-state index is 0.159. The number of piperazine rings is 1. The lowest BCUT2D eigenvalue weighted by molar-refractivity contribution is 0.0394. The summed E-state index contributed by atoms with van der Waals surface area (Å²) in [7, 11) is 0. The molecule has 29 heavy (non-hydrogen) atoms. The molecule has 1 fully saturated rings. The molecule has 1 amide bonds. The van der Waals surface area contributed by atoms with Crippen LogP contribution in [-0.2, 0) is 12.8 Å². The molecule has 0 bridgehead atoms. The van der Waals surface area contributed by atoms with Gasteiger partial charge in [-0.25, -0.2) is 0 Å². The highest BCUT2D eigenvalue weighted by Gasteiger charge is 2.34. The SMILES string of the molecule is CC.Cc1cccc2c1CC(N1CCN(c3ccccc3C(N)=O)CC1)C(O)C2. The highest BCUT2D eigenvalue weighted by Crippen LogP contribution is 2.29. The Morgan fingerprint density at radius 1 is 1.00 bits per heavy atom. The van der Waals surface area contributed by atoms with E-state index in [0.717, 1.165) is 44.7 Å². The highest BCUT2D eigenvalue weighted by molar-refractivity contribution is 5.98. The molecule has 1 saturated heterocycles. The van der Waals surface area contributed by atoms with Crippen LogP contribution >= 0.6 is 0 Å². The molecule has 1 heterocycles. The number of anilines is 1. The predicted molar refractivity (Wildman–Crippen MR) is 118 cm³/mol. The first-order valence-corrected chi connectivity index (χ1v) is 10.7. The quantitative estimate of drug-likeness (QED) is 0.838. The number of aliphatic hydroxyl groups excluding tert-OH is 1. The molecule has 2 aromatic carbocycles. The molecule has 1 aliphatic heterocycles. The van der Waals surface area contributed by atoms with Gasteiger partial charge in [-0.2, -0.15) is 0 Å². The second kappa shape index (κ2) is 9.42. The summed E-state index contributed by atoms with van der Waals surface area (Å²) in [6.45, 7) is 9.56. The number of benzene rings is 2. The largest absolute Gasteiger partial charge is 0.391 e. The Bertz CT molecular complexity index is 844. The summed E-state index contributed by atoms with van der Waals surface area (Å²) in [5.41, 5.74) is 11.0. The molecule has 0 saturated carbocycles. The molecule has 5 heteroatoms. The van der Waals surface area contributed by atoms with Gasteiger partial charge in [0.15, 0.2) is 0 Å². The third-order valence-electron chi connectivity index (χ3n) is 6.09. The van der Waals surface area contributed by atoms with Crippen molar-refractivity contribution in [2.75, 3.05) is 31.1 Å². The second-order valence-corrected chi connectivity index (χ2v) is 7.66. The topological polar surface area (TPSA) is 69.8 Å². The van der Waals surface area contributed by atoms with Crippen molar-refractivity contribution in [1.82, 2.24) is 4.90 Å². The molecular weight excluding hydrogens is 362 g/mol. The summed E-state index contributed by atoms with van der Waals surface area (Å²) in [6.07, 6.45) is 1.30. The normalized spacial score (nSPS) is 21.7. The number of primary amides is 1. The first kappa shape index (κ1) is 21.3. The minimum atomic E-state index is -0.386. The molecule has 2 aromatic rings. The summed E-state index contributed by atoms with van der Waals surface area (Å²) < 4.78 is 0. The van der Waals surface area contributed by atoms with Gasteiger partial charge in [0.25, 0.3) is 5.91 Å². The zero-order valence-corrected chi connectivity index (χ0v) is 17.8. The van der Waals surface area contributed by atoms with Crippen molar-refractivity contribution in [2.24, 2.45) is 5.73 Å². The molecule has 1 aliphatic carbocycles. The predicted octanol–water partition coefficient (Wildman–Crippen LogP) is 2.77. The molecule has 5 nitrogen and oxygen atoms in total. The van der Waals surface area contributed by atoms with Gasteiger partial charge in [0.1, 0.15) is 0 Å². The third kappa shape index (κ3) is 4.46. The number of nitrogens with two attached hydrogens (primary N) is 1. The van der Waals surface area contributed by atoms with Gasteiger partial charge in [-0.1, -0.05) is 44.2 Å². The zero-order valence-electron chi connectivity index (χ0n) is 17.8. The average Bonchev–Trinajstić information content (AvgIpc) is 2.75.